The summed E-state index contributed by atoms with van der Waals surface area (Å²) in [4.78, 5) is 17.3. The molecule has 0 atom stereocenters. The molecule has 14 heteroatoms. The number of halogens is 5. The molecule has 2 aliphatic rings. The fraction of sp³-hybridized carbons (Fsp3) is 0.348. The van der Waals surface area contributed by atoms with E-state index in [0.717, 1.165) is 4.90 Å². The zero-order valence-corrected chi connectivity index (χ0v) is 21.4. The van der Waals surface area contributed by atoms with Gasteiger partial charge in [0.1, 0.15) is 0 Å². The Kier molecular flexibility index (Phi) is 6.49. The fourth-order valence-electron chi connectivity index (χ4n) is 5.01. The molecule has 2 saturated heterocycles. The van der Waals surface area contributed by atoms with Crippen molar-refractivity contribution in [2.75, 3.05) is 39.4 Å². The number of alkyl halides is 3. The number of benzene rings is 2. The van der Waals surface area contributed by atoms with Gasteiger partial charge in [0.2, 0.25) is 10.0 Å². The molecule has 8 nitrogen and oxygen atoms in total. The molecule has 0 bridgehead atoms. The molecule has 0 aliphatic carbocycles. The summed E-state index contributed by atoms with van der Waals surface area (Å²) in [6.07, 6.45) is -3.38. The standard InChI is InChI=1S/C23H21Cl2F3N4O4S/c24-16-3-2-14(20-19(16)17(25)10-30-20)15-9-13(1-4-18(15)37(29,34)35)22(11-36-12-22)32-7-5-31(6-8-32)21(33)23(26,27)28/h1-4,9-10,30H,5-8,11-12H2,(H2,29,34,35). The SMILES string of the molecule is NS(=O)(=O)c1ccc(C2(N3CCN(C(=O)C(F)(F)F)CC3)COC2)cc1-c1ccc(Cl)c2c(Cl)c[nH]c12. The zero-order chi connectivity index (χ0) is 26.8. The number of ether oxygens (including phenoxy) is 1. The van der Waals surface area contributed by atoms with Crippen molar-refractivity contribution in [3.8, 4) is 11.1 Å². The van der Waals surface area contributed by atoms with Gasteiger partial charge in [0.05, 0.1) is 39.2 Å². The first-order chi connectivity index (χ1) is 17.3. The van der Waals surface area contributed by atoms with Crippen LogP contribution in [0, 0.1) is 0 Å². The lowest BCUT2D eigenvalue weighted by atomic mass is 9.83. The highest BCUT2D eigenvalue weighted by molar-refractivity contribution is 7.89. The van der Waals surface area contributed by atoms with E-state index in [1.807, 2.05) is 4.90 Å². The Bertz CT molecular complexity index is 1500. The lowest BCUT2D eigenvalue weighted by molar-refractivity contribution is -0.192. The smallest absolute Gasteiger partial charge is 0.377 e. The van der Waals surface area contributed by atoms with E-state index in [2.05, 4.69) is 4.98 Å². The largest absolute Gasteiger partial charge is 0.471 e. The summed E-state index contributed by atoms with van der Waals surface area (Å²) in [5, 5.41) is 6.82. The topological polar surface area (TPSA) is 109 Å². The molecule has 0 spiro atoms. The van der Waals surface area contributed by atoms with E-state index in [1.165, 1.54) is 6.07 Å². The van der Waals surface area contributed by atoms with E-state index < -0.39 is 27.6 Å². The molecule has 3 aromatic rings. The molecule has 1 aromatic heterocycles. The Balaban J connectivity index is 1.56. The summed E-state index contributed by atoms with van der Waals surface area (Å²) in [6.45, 7) is 0.684. The van der Waals surface area contributed by atoms with Gasteiger partial charge in [-0.3, -0.25) is 9.69 Å². The maximum Gasteiger partial charge on any atom is 0.471 e. The number of hydrogen-bond donors (Lipinski definition) is 2. The number of fused-ring (bicyclic) bond motifs is 1. The molecule has 0 saturated carbocycles. The van der Waals surface area contributed by atoms with Crippen LogP contribution in [0.25, 0.3) is 22.0 Å². The van der Waals surface area contributed by atoms with E-state index in [-0.39, 0.29) is 44.3 Å². The quantitative estimate of drug-likeness (QED) is 0.492. The minimum atomic E-state index is -4.93. The van der Waals surface area contributed by atoms with Crippen molar-refractivity contribution < 1.29 is 31.1 Å². The van der Waals surface area contributed by atoms with Crippen LogP contribution in [0.1, 0.15) is 5.56 Å². The van der Waals surface area contributed by atoms with E-state index in [0.29, 0.717) is 37.6 Å². The van der Waals surface area contributed by atoms with Crippen LogP contribution in [-0.4, -0.2) is 74.7 Å². The Labute approximate surface area is 220 Å². The predicted molar refractivity (Wildman–Crippen MR) is 132 cm³/mol. The van der Waals surface area contributed by atoms with Gasteiger partial charge in [0.15, 0.2) is 0 Å². The van der Waals surface area contributed by atoms with Crippen LogP contribution in [0.2, 0.25) is 10.0 Å². The summed E-state index contributed by atoms with van der Waals surface area (Å²) in [6, 6.07) is 8.02. The Morgan fingerprint density at radius 3 is 2.27 bits per heavy atom. The molecule has 0 unspecified atom stereocenters. The van der Waals surface area contributed by atoms with Gasteiger partial charge < -0.3 is 14.6 Å². The molecule has 2 fully saturated rings. The van der Waals surface area contributed by atoms with Crippen molar-refractivity contribution in [2.24, 2.45) is 5.14 Å². The summed E-state index contributed by atoms with van der Waals surface area (Å²) >= 11 is 12.6. The first kappa shape index (κ1) is 26.3. The van der Waals surface area contributed by atoms with Crippen molar-refractivity contribution in [3.63, 3.8) is 0 Å². The van der Waals surface area contributed by atoms with Gasteiger partial charge in [0.25, 0.3) is 0 Å². The van der Waals surface area contributed by atoms with Crippen LogP contribution in [0.4, 0.5) is 13.2 Å². The van der Waals surface area contributed by atoms with Crippen LogP contribution in [0.15, 0.2) is 41.4 Å². The number of piperazine rings is 1. The second kappa shape index (κ2) is 9.14. The Hall–Kier alpha value is -2.35. The number of nitrogens with one attached hydrogen (secondary N) is 1. The summed E-state index contributed by atoms with van der Waals surface area (Å²) in [7, 11) is -4.14. The van der Waals surface area contributed by atoms with Gasteiger partial charge in [-0.25, -0.2) is 13.6 Å². The van der Waals surface area contributed by atoms with Gasteiger partial charge in [-0.1, -0.05) is 35.3 Å². The summed E-state index contributed by atoms with van der Waals surface area (Å²) < 4.78 is 69.2. The first-order valence-electron chi connectivity index (χ1n) is 11.1. The second-order valence-corrected chi connectivity index (χ2v) is 11.4. The van der Waals surface area contributed by atoms with E-state index >= 15 is 0 Å². The van der Waals surface area contributed by atoms with E-state index in [1.54, 1.807) is 30.5 Å². The number of rotatable bonds is 4. The normalized spacial score (nSPS) is 18.7. The van der Waals surface area contributed by atoms with Gasteiger partial charge in [-0.15, -0.1) is 0 Å². The van der Waals surface area contributed by atoms with E-state index in [4.69, 9.17) is 33.1 Å². The lowest BCUT2D eigenvalue weighted by Crippen LogP contribution is -2.65. The predicted octanol–water partition coefficient (Wildman–Crippen LogP) is 3.72. The Morgan fingerprint density at radius 1 is 1.03 bits per heavy atom. The van der Waals surface area contributed by atoms with Crippen LogP contribution < -0.4 is 5.14 Å². The number of nitrogens with two attached hydrogens (primary N) is 1. The average Bonchev–Trinajstić information content (AvgIpc) is 3.20. The average molecular weight is 577 g/mol. The third kappa shape index (κ3) is 4.49. The molecule has 3 N–H and O–H groups in total. The van der Waals surface area contributed by atoms with Crippen LogP contribution in [0.3, 0.4) is 0 Å². The number of primary sulfonamides is 1. The van der Waals surface area contributed by atoms with Gasteiger partial charge in [-0.05, 0) is 23.8 Å². The number of aromatic amines is 1. The molecule has 37 heavy (non-hydrogen) atoms. The third-order valence-electron chi connectivity index (χ3n) is 6.95. The lowest BCUT2D eigenvalue weighted by Gasteiger charge is -2.52. The van der Waals surface area contributed by atoms with Crippen LogP contribution >= 0.6 is 23.2 Å². The van der Waals surface area contributed by atoms with Gasteiger partial charge >= 0.3 is 12.1 Å². The van der Waals surface area contributed by atoms with E-state index in [9.17, 15) is 26.4 Å². The molecular formula is C23H21Cl2F3N4O4S. The van der Waals surface area contributed by atoms with Crippen molar-refractivity contribution in [2.45, 2.75) is 16.6 Å². The maximum absolute atomic E-state index is 12.9. The van der Waals surface area contributed by atoms with Crippen molar-refractivity contribution in [1.29, 1.82) is 0 Å². The summed E-state index contributed by atoms with van der Waals surface area (Å²) in [5.74, 6) is -1.86. The van der Waals surface area contributed by atoms with Crippen molar-refractivity contribution >= 4 is 50.0 Å². The second-order valence-electron chi connectivity index (χ2n) is 9.04. The highest BCUT2D eigenvalue weighted by Crippen LogP contribution is 2.43. The molecule has 2 aliphatic heterocycles. The molecule has 1 amide bonds. The monoisotopic (exact) mass is 576 g/mol. The minimum Gasteiger partial charge on any atom is -0.377 e. The number of H-pyrrole nitrogens is 1. The number of carbonyl (C=O) groups excluding carboxylic acids is 1. The molecule has 3 heterocycles. The number of carbonyl (C=O) groups is 1. The highest BCUT2D eigenvalue weighted by Gasteiger charge is 2.49. The zero-order valence-electron chi connectivity index (χ0n) is 19.1. The Morgan fingerprint density at radius 2 is 1.70 bits per heavy atom. The fourth-order valence-corrected chi connectivity index (χ4v) is 6.31. The molecular weight excluding hydrogens is 556 g/mol. The molecule has 2 aromatic carbocycles. The van der Waals surface area contributed by atoms with Crippen LogP contribution in [-0.2, 0) is 25.1 Å². The maximum atomic E-state index is 12.9. The highest BCUT2D eigenvalue weighted by atomic mass is 35.5. The van der Waals surface area contributed by atoms with Gasteiger partial charge in [-0.2, -0.15) is 13.2 Å². The molecule has 5 rings (SSSR count). The number of hydrogen-bond acceptors (Lipinski definition) is 5. The first-order valence-corrected chi connectivity index (χ1v) is 13.4. The number of aromatic nitrogens is 1. The molecule has 198 valence electrons. The third-order valence-corrected chi connectivity index (χ3v) is 8.53. The molecule has 0 radical (unpaired) electrons. The van der Waals surface area contributed by atoms with Crippen molar-refractivity contribution in [3.05, 3.63) is 52.1 Å². The number of amides is 1. The number of sulfonamides is 1. The number of nitrogens with zero attached hydrogens (tertiary/aromatic N) is 2. The van der Waals surface area contributed by atoms with Crippen LogP contribution in [0.5, 0.6) is 0 Å². The summed E-state index contributed by atoms with van der Waals surface area (Å²) in [5.41, 5.74) is 1.35. The minimum absolute atomic E-state index is 0.0962. The van der Waals surface area contributed by atoms with Gasteiger partial charge in [0, 0.05) is 48.9 Å². The van der Waals surface area contributed by atoms with Crippen molar-refractivity contribution in [1.82, 2.24) is 14.8 Å².